The molecule has 2 aromatic carbocycles. The SMILES string of the molecule is Cc1nn(CC(=O)Nc2ccc(F)nn2)cc1-c1ccc(-c2cnc(C(=O)Nc3ccc(C(=O)N4CCN(C(=O)[C@H]5CC[N@+](CC(=O)O)(CC6CNC6)CC5)CC4)c(Cl)c3)n2C)c(F)c1F. The lowest BCUT2D eigenvalue weighted by Crippen LogP contribution is -2.62. The Morgan fingerprint density at radius 1 is 0.894 bits per heavy atom. The van der Waals surface area contributed by atoms with Gasteiger partial charge in [-0.25, -0.2) is 18.6 Å². The molecule has 346 valence electrons. The minimum absolute atomic E-state index is 0.0211. The number of aromatic nitrogens is 6. The predicted molar refractivity (Wildman–Crippen MR) is 233 cm³/mol. The van der Waals surface area contributed by atoms with Crippen molar-refractivity contribution in [2.75, 3.05) is 76.1 Å². The molecular weight excluding hydrogens is 885 g/mol. The smallest absolute Gasteiger partial charge is 0.359 e. The zero-order valence-corrected chi connectivity index (χ0v) is 36.8. The number of aliphatic carboxylic acids is 1. The largest absolute Gasteiger partial charge is 0.477 e. The fraction of sp³-hybridized carbons (Fsp3) is 0.386. The van der Waals surface area contributed by atoms with E-state index in [9.17, 15) is 33.5 Å². The number of rotatable bonds is 13. The Morgan fingerprint density at radius 3 is 2.24 bits per heavy atom. The van der Waals surface area contributed by atoms with E-state index >= 15 is 8.78 Å². The van der Waals surface area contributed by atoms with E-state index in [-0.39, 0.29) is 81.1 Å². The lowest BCUT2D eigenvalue weighted by molar-refractivity contribution is -0.929. The fourth-order valence-corrected chi connectivity index (χ4v) is 9.25. The summed E-state index contributed by atoms with van der Waals surface area (Å²) < 4.78 is 47.6. The number of nitrogens with zero attached hydrogens (tertiary/aromatic N) is 9. The number of piperidine rings is 1. The Morgan fingerprint density at radius 2 is 1.59 bits per heavy atom. The van der Waals surface area contributed by atoms with Gasteiger partial charge in [-0.15, -0.1) is 10.2 Å². The van der Waals surface area contributed by atoms with Crippen molar-refractivity contribution >= 4 is 52.7 Å². The van der Waals surface area contributed by atoms with Gasteiger partial charge in [0.05, 0.1) is 47.8 Å². The van der Waals surface area contributed by atoms with E-state index < -0.39 is 35.4 Å². The maximum atomic E-state index is 15.8. The summed E-state index contributed by atoms with van der Waals surface area (Å²) in [5.74, 6) is -5.41. The van der Waals surface area contributed by atoms with Crippen LogP contribution >= 0.6 is 11.6 Å². The zero-order valence-electron chi connectivity index (χ0n) is 36.1. The Labute approximate surface area is 381 Å². The van der Waals surface area contributed by atoms with Crippen LogP contribution in [0.4, 0.5) is 24.7 Å². The van der Waals surface area contributed by atoms with Gasteiger partial charge >= 0.3 is 5.97 Å². The molecule has 22 heteroatoms. The number of imidazole rings is 1. The predicted octanol–water partition coefficient (Wildman–Crippen LogP) is 3.83. The second kappa shape index (κ2) is 19.0. The number of carbonyl (C=O) groups is 5. The van der Waals surface area contributed by atoms with Crippen molar-refractivity contribution in [1.82, 2.24) is 44.6 Å². The summed E-state index contributed by atoms with van der Waals surface area (Å²) in [6.07, 6.45) is 3.87. The average molecular weight is 932 g/mol. The summed E-state index contributed by atoms with van der Waals surface area (Å²) in [6, 6.07) is 9.40. The van der Waals surface area contributed by atoms with Gasteiger partial charge in [0, 0.05) is 99.6 Å². The molecule has 3 aliphatic rings. The summed E-state index contributed by atoms with van der Waals surface area (Å²) >= 11 is 6.58. The van der Waals surface area contributed by atoms with Gasteiger partial charge in [-0.2, -0.15) is 9.49 Å². The quantitative estimate of drug-likeness (QED) is 0.125. The molecule has 8 rings (SSSR count). The number of anilines is 2. The molecule has 4 amide bonds. The maximum Gasteiger partial charge on any atom is 0.359 e. The number of quaternary nitrogens is 1. The van der Waals surface area contributed by atoms with Crippen LogP contribution in [0.2, 0.25) is 5.02 Å². The number of nitrogens with one attached hydrogen (secondary N) is 3. The Bertz CT molecular complexity index is 2690. The molecule has 0 aliphatic carbocycles. The summed E-state index contributed by atoms with van der Waals surface area (Å²) in [6.45, 7) is 6.52. The summed E-state index contributed by atoms with van der Waals surface area (Å²) in [4.78, 5) is 72.3. The number of hydrogen-bond donors (Lipinski definition) is 4. The second-order valence-electron chi connectivity index (χ2n) is 17.0. The van der Waals surface area contributed by atoms with Crippen molar-refractivity contribution in [3.05, 3.63) is 94.5 Å². The van der Waals surface area contributed by atoms with Crippen LogP contribution in [0.5, 0.6) is 0 Å². The molecule has 4 N–H and O–H groups in total. The zero-order chi connectivity index (χ0) is 46.9. The minimum atomic E-state index is -1.20. The molecule has 3 saturated heterocycles. The number of carboxylic acid groups (broad SMARTS) is 1. The fourth-order valence-electron chi connectivity index (χ4n) is 8.99. The second-order valence-corrected chi connectivity index (χ2v) is 17.4. The number of carbonyl (C=O) groups excluding carboxylic acids is 4. The third-order valence-electron chi connectivity index (χ3n) is 12.6. The van der Waals surface area contributed by atoms with E-state index in [1.54, 1.807) is 16.7 Å². The molecule has 3 aliphatic heterocycles. The molecule has 18 nitrogen and oxygen atoms in total. The Balaban J connectivity index is 0.854. The summed E-state index contributed by atoms with van der Waals surface area (Å²) in [5.41, 5.74) is 0.825. The number of aryl methyl sites for hydroxylation is 1. The van der Waals surface area contributed by atoms with Gasteiger partial charge in [-0.05, 0) is 43.3 Å². The highest BCUT2D eigenvalue weighted by atomic mass is 35.5. The van der Waals surface area contributed by atoms with E-state index in [0.29, 0.717) is 68.2 Å². The normalized spacial score (nSPS) is 18.7. The number of likely N-dealkylation sites (tertiary alicyclic amines) is 1. The van der Waals surface area contributed by atoms with E-state index in [1.165, 1.54) is 65.1 Å². The highest BCUT2D eigenvalue weighted by Gasteiger charge is 2.42. The van der Waals surface area contributed by atoms with Gasteiger partial charge in [0.1, 0.15) is 6.54 Å². The van der Waals surface area contributed by atoms with Crippen LogP contribution in [0, 0.1) is 36.3 Å². The van der Waals surface area contributed by atoms with Crippen molar-refractivity contribution in [3.63, 3.8) is 0 Å². The standard InChI is InChI=1S/C44H46ClF3N12O6/c1-25-32(21-59(55-25)22-37(61)52-36-8-7-35(46)53-54-36)29-5-6-31(40(48)39(29)47)34-20-50-41(56(34)2)42(64)51-28-3-4-30(33(45)17-28)44(66)58-13-11-57(12-14-58)43(65)27-9-15-60(16-10-27,24-38(62)63)23-26-18-49-19-26/h3-8,17,20-21,26-27,49H,9-16,18-19,22-24H2,1-2H3,(H2-,51,52,54,61,62,63,64,66)/p+1/t27-,60+. The molecule has 5 aromatic rings. The maximum absolute atomic E-state index is 15.8. The first kappa shape index (κ1) is 45.8. The molecule has 3 fully saturated rings. The van der Waals surface area contributed by atoms with Crippen LogP contribution in [0.1, 0.15) is 39.5 Å². The van der Waals surface area contributed by atoms with Crippen LogP contribution < -0.4 is 16.0 Å². The summed E-state index contributed by atoms with van der Waals surface area (Å²) in [5, 5.41) is 29.1. The molecule has 0 atom stereocenters. The van der Waals surface area contributed by atoms with Gasteiger partial charge < -0.3 is 39.9 Å². The number of piperazine rings is 1. The molecule has 0 spiro atoms. The van der Waals surface area contributed by atoms with Crippen LogP contribution in [-0.4, -0.2) is 144 Å². The van der Waals surface area contributed by atoms with Crippen molar-refractivity contribution in [2.45, 2.75) is 26.3 Å². The number of halogens is 4. The topological polar surface area (TPSA) is 210 Å². The molecule has 6 heterocycles. The highest BCUT2D eigenvalue weighted by Crippen LogP contribution is 2.34. The monoisotopic (exact) mass is 931 g/mol. The number of benzene rings is 2. The molecule has 66 heavy (non-hydrogen) atoms. The highest BCUT2D eigenvalue weighted by molar-refractivity contribution is 6.34. The van der Waals surface area contributed by atoms with Crippen molar-refractivity contribution in [1.29, 1.82) is 0 Å². The van der Waals surface area contributed by atoms with Crippen molar-refractivity contribution in [2.24, 2.45) is 18.9 Å². The molecule has 0 radical (unpaired) electrons. The van der Waals surface area contributed by atoms with Crippen LogP contribution in [-0.2, 0) is 28.0 Å². The lowest BCUT2D eigenvalue weighted by atomic mass is 9.90. The third-order valence-corrected chi connectivity index (χ3v) is 12.9. The number of amides is 4. The van der Waals surface area contributed by atoms with Crippen LogP contribution in [0.3, 0.4) is 0 Å². The molecule has 3 aromatic heterocycles. The van der Waals surface area contributed by atoms with E-state index in [0.717, 1.165) is 25.7 Å². The first-order valence-corrected chi connectivity index (χ1v) is 21.8. The van der Waals surface area contributed by atoms with Gasteiger partial charge in [-0.3, -0.25) is 23.9 Å². The van der Waals surface area contributed by atoms with Gasteiger partial charge in [-0.1, -0.05) is 17.7 Å². The molecule has 0 saturated carbocycles. The van der Waals surface area contributed by atoms with Crippen molar-refractivity contribution in [3.8, 4) is 22.4 Å². The minimum Gasteiger partial charge on any atom is -0.477 e. The lowest BCUT2D eigenvalue weighted by Gasteiger charge is -2.46. The first-order valence-electron chi connectivity index (χ1n) is 21.4. The van der Waals surface area contributed by atoms with Crippen molar-refractivity contribution < 1.29 is 46.7 Å². The van der Waals surface area contributed by atoms with Gasteiger partial charge in [0.15, 0.2) is 29.8 Å². The number of hydrogen-bond acceptors (Lipinski definition) is 10. The van der Waals surface area contributed by atoms with E-state index in [1.807, 2.05) is 0 Å². The third kappa shape index (κ3) is 9.77. The molecule has 0 unspecified atom stereocenters. The average Bonchev–Trinajstić information content (AvgIpc) is 3.84. The Hall–Kier alpha value is -6.71. The van der Waals surface area contributed by atoms with Gasteiger partial charge in [0.25, 0.3) is 11.8 Å². The van der Waals surface area contributed by atoms with Crippen LogP contribution in [0.15, 0.2) is 54.9 Å². The van der Waals surface area contributed by atoms with E-state index in [4.69, 9.17) is 11.6 Å². The molecule has 0 bridgehead atoms. The van der Waals surface area contributed by atoms with E-state index in [2.05, 4.69) is 36.2 Å². The Kier molecular flexibility index (Phi) is 13.2. The number of carboxylic acids is 1. The van der Waals surface area contributed by atoms with Crippen LogP contribution in [0.25, 0.3) is 22.4 Å². The van der Waals surface area contributed by atoms with Gasteiger partial charge in [0.2, 0.25) is 17.8 Å². The first-order chi connectivity index (χ1) is 31.6. The summed E-state index contributed by atoms with van der Waals surface area (Å²) in [7, 11) is 1.47. The molecular formula is C44H47ClF3N12O6+.